The van der Waals surface area contributed by atoms with Gasteiger partial charge in [-0.1, -0.05) is 19.3 Å². The van der Waals surface area contributed by atoms with Crippen molar-refractivity contribution in [2.45, 2.75) is 32.1 Å². The van der Waals surface area contributed by atoms with Gasteiger partial charge in [-0.3, -0.25) is 14.2 Å². The first kappa shape index (κ1) is 21.2. The molecule has 1 amide bonds. The van der Waals surface area contributed by atoms with Crippen molar-refractivity contribution in [2.24, 2.45) is 20.0 Å². The Hall–Kier alpha value is -2.15. The number of hydrogen-bond acceptors (Lipinski definition) is 4. The van der Waals surface area contributed by atoms with Crippen LogP contribution < -0.4 is 11.2 Å². The van der Waals surface area contributed by atoms with E-state index in [1.54, 1.807) is 7.05 Å². The molecule has 150 valence electrons. The van der Waals surface area contributed by atoms with Crippen LogP contribution in [-0.4, -0.2) is 58.6 Å². The minimum Gasteiger partial charge on any atom is -0.338 e. The number of hydrogen-bond donors (Lipinski definition) is 0. The van der Waals surface area contributed by atoms with Crippen molar-refractivity contribution in [1.29, 1.82) is 0 Å². The maximum Gasteiger partial charge on any atom is 0.330 e. The predicted molar refractivity (Wildman–Crippen MR) is 108 cm³/mol. The average molecular weight is 377 g/mol. The number of nitrogens with zero attached hydrogens (tertiary/aromatic N) is 4. The summed E-state index contributed by atoms with van der Waals surface area (Å²) in [7, 11) is 7.02. The van der Waals surface area contributed by atoms with E-state index in [1.807, 2.05) is 19.0 Å². The Bertz CT molecular complexity index is 785. The standard InChI is InChI=1S/C20H32N4O3/c1-21(2)12-13-24(14-16-8-6-5-7-9-16)18(25)11-10-17-15-22(3)20(27)23(4)19(17)26/h10-11,15-16H,5-9,12-14H2,1-4H3. The van der Waals surface area contributed by atoms with Gasteiger partial charge in [0.15, 0.2) is 0 Å². The molecular weight excluding hydrogens is 344 g/mol. The number of amides is 1. The third kappa shape index (κ3) is 5.92. The zero-order chi connectivity index (χ0) is 20.0. The number of aromatic nitrogens is 2. The van der Waals surface area contributed by atoms with Crippen LogP contribution in [0.25, 0.3) is 6.08 Å². The molecule has 0 atom stereocenters. The van der Waals surface area contributed by atoms with Crippen molar-refractivity contribution < 1.29 is 4.79 Å². The van der Waals surface area contributed by atoms with Crippen LogP contribution in [0.4, 0.5) is 0 Å². The quantitative estimate of drug-likeness (QED) is 0.668. The van der Waals surface area contributed by atoms with Crippen molar-refractivity contribution in [3.63, 3.8) is 0 Å². The molecule has 7 heteroatoms. The van der Waals surface area contributed by atoms with E-state index in [1.165, 1.54) is 62.1 Å². The topological polar surface area (TPSA) is 67.5 Å². The molecule has 0 spiro atoms. The molecule has 2 rings (SSSR count). The molecule has 0 saturated heterocycles. The van der Waals surface area contributed by atoms with Crippen LogP contribution in [-0.2, 0) is 18.9 Å². The van der Waals surface area contributed by atoms with Crippen molar-refractivity contribution in [1.82, 2.24) is 18.9 Å². The lowest BCUT2D eigenvalue weighted by Crippen LogP contribution is -2.39. The van der Waals surface area contributed by atoms with E-state index in [4.69, 9.17) is 0 Å². The Labute approximate surface area is 160 Å². The van der Waals surface area contributed by atoms with Gasteiger partial charge in [0, 0.05) is 46.0 Å². The second-order valence-electron chi connectivity index (χ2n) is 7.77. The molecule has 0 aromatic carbocycles. The fourth-order valence-corrected chi connectivity index (χ4v) is 3.51. The fourth-order valence-electron chi connectivity index (χ4n) is 3.51. The maximum absolute atomic E-state index is 12.8. The van der Waals surface area contributed by atoms with E-state index in [2.05, 4.69) is 4.90 Å². The molecule has 1 heterocycles. The number of aryl methyl sites for hydroxylation is 1. The van der Waals surface area contributed by atoms with Gasteiger partial charge >= 0.3 is 5.69 Å². The van der Waals surface area contributed by atoms with Crippen LogP contribution in [0.2, 0.25) is 0 Å². The highest BCUT2D eigenvalue weighted by Gasteiger charge is 2.20. The second kappa shape index (κ2) is 9.69. The third-order valence-corrected chi connectivity index (χ3v) is 5.21. The van der Waals surface area contributed by atoms with Crippen LogP contribution in [0.3, 0.4) is 0 Å². The van der Waals surface area contributed by atoms with Gasteiger partial charge in [-0.15, -0.1) is 0 Å². The molecule has 7 nitrogen and oxygen atoms in total. The van der Waals surface area contributed by atoms with Crippen LogP contribution in [0.1, 0.15) is 37.7 Å². The first-order valence-electron chi connectivity index (χ1n) is 9.68. The molecular formula is C20H32N4O3. The fraction of sp³-hybridized carbons (Fsp3) is 0.650. The SMILES string of the molecule is CN(C)CCN(CC1CCCCC1)C(=O)C=Cc1cn(C)c(=O)n(C)c1=O. The smallest absolute Gasteiger partial charge is 0.330 e. The molecule has 0 radical (unpaired) electrons. The van der Waals surface area contributed by atoms with Crippen molar-refractivity contribution >= 4 is 12.0 Å². The number of rotatable bonds is 7. The predicted octanol–water partition coefficient (Wildman–Crippen LogP) is 1.07. The van der Waals surface area contributed by atoms with Gasteiger partial charge in [-0.25, -0.2) is 4.79 Å². The molecule has 0 bridgehead atoms. The van der Waals surface area contributed by atoms with E-state index in [0.29, 0.717) is 18.0 Å². The molecule has 0 unspecified atom stereocenters. The first-order valence-corrected chi connectivity index (χ1v) is 9.68. The Balaban J connectivity index is 2.15. The number of carbonyl (C=O) groups is 1. The molecule has 1 aromatic heterocycles. The summed E-state index contributed by atoms with van der Waals surface area (Å²) in [6.07, 6.45) is 10.6. The molecule has 0 aliphatic heterocycles. The van der Waals surface area contributed by atoms with Crippen LogP contribution in [0, 0.1) is 5.92 Å². The Morgan fingerprint density at radius 3 is 2.44 bits per heavy atom. The summed E-state index contributed by atoms with van der Waals surface area (Å²) in [6, 6.07) is 0. The summed E-state index contributed by atoms with van der Waals surface area (Å²) in [5.74, 6) is 0.474. The molecule has 1 aliphatic carbocycles. The Morgan fingerprint density at radius 1 is 1.15 bits per heavy atom. The Kier molecular flexibility index (Phi) is 7.59. The van der Waals surface area contributed by atoms with Gasteiger partial charge in [0.2, 0.25) is 5.91 Å². The second-order valence-corrected chi connectivity index (χ2v) is 7.77. The molecule has 1 saturated carbocycles. The molecule has 1 aromatic rings. The number of carbonyl (C=O) groups excluding carboxylic acids is 1. The van der Waals surface area contributed by atoms with Gasteiger partial charge in [0.25, 0.3) is 5.56 Å². The van der Waals surface area contributed by atoms with Crippen LogP contribution in [0.15, 0.2) is 21.9 Å². The maximum atomic E-state index is 12.8. The largest absolute Gasteiger partial charge is 0.338 e. The van der Waals surface area contributed by atoms with E-state index in [-0.39, 0.29) is 11.6 Å². The van der Waals surface area contributed by atoms with Gasteiger partial charge in [0.05, 0.1) is 5.56 Å². The Morgan fingerprint density at radius 2 is 1.81 bits per heavy atom. The summed E-state index contributed by atoms with van der Waals surface area (Å²) < 4.78 is 2.40. The highest BCUT2D eigenvalue weighted by molar-refractivity contribution is 5.91. The summed E-state index contributed by atoms with van der Waals surface area (Å²) in [4.78, 5) is 40.7. The van der Waals surface area contributed by atoms with Gasteiger partial charge < -0.3 is 14.4 Å². The van der Waals surface area contributed by atoms with Crippen molar-refractivity contribution in [3.8, 4) is 0 Å². The highest BCUT2D eigenvalue weighted by atomic mass is 16.2. The zero-order valence-electron chi connectivity index (χ0n) is 17.0. The number of likely N-dealkylation sites (N-methyl/N-ethyl adjacent to an activating group) is 1. The summed E-state index contributed by atoms with van der Waals surface area (Å²) in [5.41, 5.74) is -0.444. The van der Waals surface area contributed by atoms with E-state index < -0.39 is 5.56 Å². The van der Waals surface area contributed by atoms with E-state index >= 15 is 0 Å². The zero-order valence-corrected chi connectivity index (χ0v) is 17.0. The lowest BCUT2D eigenvalue weighted by Gasteiger charge is -2.30. The summed E-state index contributed by atoms with van der Waals surface area (Å²) in [6.45, 7) is 2.23. The minimum atomic E-state index is -0.394. The normalized spacial score (nSPS) is 15.6. The molecule has 1 aliphatic rings. The summed E-state index contributed by atoms with van der Waals surface area (Å²) >= 11 is 0. The average Bonchev–Trinajstić information content (AvgIpc) is 2.65. The highest BCUT2D eigenvalue weighted by Crippen LogP contribution is 2.24. The monoisotopic (exact) mass is 376 g/mol. The lowest BCUT2D eigenvalue weighted by molar-refractivity contribution is -0.126. The lowest BCUT2D eigenvalue weighted by atomic mass is 9.89. The third-order valence-electron chi connectivity index (χ3n) is 5.21. The molecule has 0 N–H and O–H groups in total. The van der Waals surface area contributed by atoms with Crippen molar-refractivity contribution in [3.05, 3.63) is 38.7 Å². The minimum absolute atomic E-state index is 0.0849. The molecule has 1 fully saturated rings. The van der Waals surface area contributed by atoms with Gasteiger partial charge in [-0.05, 0) is 38.9 Å². The van der Waals surface area contributed by atoms with Crippen LogP contribution in [0.5, 0.6) is 0 Å². The summed E-state index contributed by atoms with van der Waals surface area (Å²) in [5, 5.41) is 0. The van der Waals surface area contributed by atoms with Gasteiger partial charge in [-0.2, -0.15) is 0 Å². The molecule has 27 heavy (non-hydrogen) atoms. The van der Waals surface area contributed by atoms with E-state index in [0.717, 1.165) is 17.7 Å². The van der Waals surface area contributed by atoms with Crippen LogP contribution >= 0.6 is 0 Å². The first-order chi connectivity index (χ1) is 12.8. The van der Waals surface area contributed by atoms with Crippen molar-refractivity contribution in [2.75, 3.05) is 33.7 Å². The van der Waals surface area contributed by atoms with E-state index in [9.17, 15) is 14.4 Å². The van der Waals surface area contributed by atoms with Gasteiger partial charge in [0.1, 0.15) is 0 Å².